The Morgan fingerprint density at radius 2 is 2.05 bits per heavy atom. The summed E-state index contributed by atoms with van der Waals surface area (Å²) < 4.78 is 2.49. The van der Waals surface area contributed by atoms with E-state index in [9.17, 15) is 0 Å². The molecule has 2 aromatic rings. The van der Waals surface area contributed by atoms with Crippen LogP contribution in [-0.4, -0.2) is 16.1 Å². The highest BCUT2D eigenvalue weighted by molar-refractivity contribution is 5.57. The molecule has 0 radical (unpaired) electrons. The van der Waals surface area contributed by atoms with Crippen molar-refractivity contribution in [1.29, 1.82) is 0 Å². The lowest BCUT2D eigenvalue weighted by Crippen LogP contribution is -2.25. The Morgan fingerprint density at radius 3 is 2.84 bits per heavy atom. The molecule has 1 aromatic heterocycles. The van der Waals surface area contributed by atoms with Gasteiger partial charge in [0.25, 0.3) is 0 Å². The second-order valence-electron chi connectivity index (χ2n) is 5.68. The normalized spacial score (nSPS) is 18.3. The molecule has 0 saturated heterocycles. The lowest BCUT2D eigenvalue weighted by molar-refractivity contribution is 0.564. The monoisotopic (exact) mass is 253 g/mol. The quantitative estimate of drug-likeness (QED) is 0.911. The molecule has 2 heterocycles. The fourth-order valence-electron chi connectivity index (χ4n) is 2.93. The molecule has 0 spiro atoms. The summed E-state index contributed by atoms with van der Waals surface area (Å²) in [4.78, 5) is 4.90. The number of imidazole rings is 1. The van der Waals surface area contributed by atoms with Crippen LogP contribution in [0.3, 0.4) is 0 Å². The lowest BCUT2D eigenvalue weighted by atomic mass is 10.1. The number of rotatable bonds is 3. The maximum atomic E-state index is 4.90. The standard InChI is InChI=1S/C16H19N3/c1-2-4-13(5-3-1)16-18-14-10-17-9-8-15(14)19(16)11-12-6-7-12/h1-5,12,17H,6-11H2. The van der Waals surface area contributed by atoms with Gasteiger partial charge in [0.2, 0.25) is 0 Å². The number of nitrogens with one attached hydrogen (secondary N) is 1. The first kappa shape index (κ1) is 11.2. The Balaban J connectivity index is 1.81. The average molecular weight is 253 g/mol. The topological polar surface area (TPSA) is 29.9 Å². The number of fused-ring (bicyclic) bond motifs is 1. The van der Waals surface area contributed by atoms with Crippen molar-refractivity contribution in [2.75, 3.05) is 6.54 Å². The van der Waals surface area contributed by atoms with Gasteiger partial charge >= 0.3 is 0 Å². The van der Waals surface area contributed by atoms with Crippen LogP contribution in [0.25, 0.3) is 11.4 Å². The van der Waals surface area contributed by atoms with Gasteiger partial charge in [-0.25, -0.2) is 4.98 Å². The molecule has 3 nitrogen and oxygen atoms in total. The Morgan fingerprint density at radius 1 is 1.21 bits per heavy atom. The van der Waals surface area contributed by atoms with E-state index in [1.807, 2.05) is 0 Å². The van der Waals surface area contributed by atoms with Gasteiger partial charge in [0.05, 0.1) is 5.69 Å². The zero-order valence-electron chi connectivity index (χ0n) is 11.1. The molecule has 0 unspecified atom stereocenters. The van der Waals surface area contributed by atoms with E-state index in [1.54, 1.807) is 0 Å². The van der Waals surface area contributed by atoms with Crippen LogP contribution >= 0.6 is 0 Å². The van der Waals surface area contributed by atoms with Gasteiger partial charge in [-0.1, -0.05) is 30.3 Å². The van der Waals surface area contributed by atoms with Gasteiger partial charge in [0.1, 0.15) is 5.82 Å². The lowest BCUT2D eigenvalue weighted by Gasteiger charge is -2.16. The fourth-order valence-corrected chi connectivity index (χ4v) is 2.93. The molecule has 1 saturated carbocycles. The molecule has 1 aliphatic heterocycles. The second-order valence-corrected chi connectivity index (χ2v) is 5.68. The average Bonchev–Trinajstić information content (AvgIpc) is 3.21. The Labute approximate surface area is 113 Å². The van der Waals surface area contributed by atoms with Gasteiger partial charge in [-0.3, -0.25) is 0 Å². The van der Waals surface area contributed by atoms with Crippen molar-refractivity contribution in [2.45, 2.75) is 32.4 Å². The maximum absolute atomic E-state index is 4.90. The minimum atomic E-state index is 0.885. The highest BCUT2D eigenvalue weighted by Gasteiger charge is 2.27. The maximum Gasteiger partial charge on any atom is 0.140 e. The highest BCUT2D eigenvalue weighted by Crippen LogP contribution is 2.34. The van der Waals surface area contributed by atoms with Crippen LogP contribution in [0.2, 0.25) is 0 Å². The van der Waals surface area contributed by atoms with E-state index in [0.717, 1.165) is 32.0 Å². The summed E-state index contributed by atoms with van der Waals surface area (Å²) in [7, 11) is 0. The molecule has 4 rings (SSSR count). The molecular weight excluding hydrogens is 234 g/mol. The van der Waals surface area contributed by atoms with Gasteiger partial charge in [-0.15, -0.1) is 0 Å². The van der Waals surface area contributed by atoms with E-state index < -0.39 is 0 Å². The number of hydrogen-bond acceptors (Lipinski definition) is 2. The van der Waals surface area contributed by atoms with Crippen LogP contribution in [-0.2, 0) is 19.5 Å². The zero-order chi connectivity index (χ0) is 12.7. The Kier molecular flexibility index (Phi) is 2.66. The molecular formula is C16H19N3. The molecule has 0 amide bonds. The Hall–Kier alpha value is -1.61. The molecule has 1 fully saturated rings. The first-order valence-electron chi connectivity index (χ1n) is 7.26. The van der Waals surface area contributed by atoms with Crippen LogP contribution in [0, 0.1) is 5.92 Å². The van der Waals surface area contributed by atoms with Crippen molar-refractivity contribution >= 4 is 0 Å². The van der Waals surface area contributed by atoms with Crippen molar-refractivity contribution in [3.8, 4) is 11.4 Å². The summed E-state index contributed by atoms with van der Waals surface area (Å²) in [6.07, 6.45) is 3.89. The summed E-state index contributed by atoms with van der Waals surface area (Å²) in [6.45, 7) is 3.16. The summed E-state index contributed by atoms with van der Waals surface area (Å²) in [5, 5.41) is 3.43. The van der Waals surface area contributed by atoms with Crippen molar-refractivity contribution < 1.29 is 0 Å². The van der Waals surface area contributed by atoms with Crippen molar-refractivity contribution in [1.82, 2.24) is 14.9 Å². The summed E-state index contributed by atoms with van der Waals surface area (Å²) in [5.74, 6) is 2.05. The molecule has 2 aliphatic rings. The largest absolute Gasteiger partial charge is 0.327 e. The number of hydrogen-bond donors (Lipinski definition) is 1. The van der Waals surface area contributed by atoms with E-state index in [2.05, 4.69) is 40.2 Å². The molecule has 1 aromatic carbocycles. The Bertz CT molecular complexity index is 582. The summed E-state index contributed by atoms with van der Waals surface area (Å²) in [5.41, 5.74) is 3.97. The van der Waals surface area contributed by atoms with Crippen LogP contribution in [0.4, 0.5) is 0 Å². The van der Waals surface area contributed by atoms with Gasteiger partial charge in [0, 0.05) is 37.3 Å². The predicted molar refractivity (Wildman–Crippen MR) is 75.8 cm³/mol. The SMILES string of the molecule is c1ccc(-c2nc3c(n2CC2CC2)CCNC3)cc1. The predicted octanol–water partition coefficient (Wildman–Crippen LogP) is 2.61. The minimum absolute atomic E-state index is 0.885. The van der Waals surface area contributed by atoms with Gasteiger partial charge in [-0.05, 0) is 18.8 Å². The van der Waals surface area contributed by atoms with E-state index in [1.165, 1.54) is 35.6 Å². The van der Waals surface area contributed by atoms with Gasteiger partial charge < -0.3 is 9.88 Å². The molecule has 3 heteroatoms. The zero-order valence-corrected chi connectivity index (χ0v) is 11.1. The first-order chi connectivity index (χ1) is 9.42. The molecule has 0 bridgehead atoms. The van der Waals surface area contributed by atoms with Gasteiger partial charge in [0.15, 0.2) is 0 Å². The van der Waals surface area contributed by atoms with Crippen molar-refractivity contribution in [3.63, 3.8) is 0 Å². The number of benzene rings is 1. The van der Waals surface area contributed by atoms with Crippen LogP contribution < -0.4 is 5.32 Å². The van der Waals surface area contributed by atoms with Crippen LogP contribution in [0.1, 0.15) is 24.2 Å². The van der Waals surface area contributed by atoms with Crippen molar-refractivity contribution in [2.24, 2.45) is 5.92 Å². The molecule has 19 heavy (non-hydrogen) atoms. The van der Waals surface area contributed by atoms with Crippen LogP contribution in [0.15, 0.2) is 30.3 Å². The molecule has 1 N–H and O–H groups in total. The van der Waals surface area contributed by atoms with Gasteiger partial charge in [-0.2, -0.15) is 0 Å². The summed E-state index contributed by atoms with van der Waals surface area (Å²) >= 11 is 0. The number of nitrogens with zero attached hydrogens (tertiary/aromatic N) is 2. The van der Waals surface area contributed by atoms with E-state index in [0.29, 0.717) is 0 Å². The molecule has 98 valence electrons. The van der Waals surface area contributed by atoms with Crippen LogP contribution in [0.5, 0.6) is 0 Å². The second kappa shape index (κ2) is 4.49. The first-order valence-corrected chi connectivity index (χ1v) is 7.26. The molecule has 0 atom stereocenters. The third kappa shape index (κ3) is 2.08. The van der Waals surface area contributed by atoms with E-state index in [4.69, 9.17) is 4.98 Å². The summed E-state index contributed by atoms with van der Waals surface area (Å²) in [6, 6.07) is 10.6. The van der Waals surface area contributed by atoms with E-state index in [-0.39, 0.29) is 0 Å². The number of aromatic nitrogens is 2. The highest BCUT2D eigenvalue weighted by atomic mass is 15.1. The molecule has 1 aliphatic carbocycles. The van der Waals surface area contributed by atoms with Crippen molar-refractivity contribution in [3.05, 3.63) is 41.7 Å². The smallest absolute Gasteiger partial charge is 0.140 e. The third-order valence-corrected chi connectivity index (χ3v) is 4.16. The fraction of sp³-hybridized carbons (Fsp3) is 0.438. The third-order valence-electron chi connectivity index (χ3n) is 4.16. The minimum Gasteiger partial charge on any atom is -0.327 e. The van der Waals surface area contributed by atoms with E-state index >= 15 is 0 Å².